The highest BCUT2D eigenvalue weighted by Gasteiger charge is 2.12. The molecule has 6 amide bonds. The Morgan fingerprint density at radius 1 is 0.467 bits per heavy atom. The van der Waals surface area contributed by atoms with Gasteiger partial charge in [0, 0.05) is 59.9 Å². The third-order valence-electron chi connectivity index (χ3n) is 6.73. The summed E-state index contributed by atoms with van der Waals surface area (Å²) >= 11 is 12.1. The second kappa shape index (κ2) is 20.0. The van der Waals surface area contributed by atoms with E-state index in [4.69, 9.17) is 23.2 Å². The van der Waals surface area contributed by atoms with E-state index in [0.29, 0.717) is 34.3 Å². The number of halogens is 2. The van der Waals surface area contributed by atoms with Gasteiger partial charge in [0.05, 0.1) is 0 Å². The molecular formula is C31H40Cl2N6O6. The molecule has 0 aliphatic carbocycles. The van der Waals surface area contributed by atoms with Crippen LogP contribution >= 0.6 is 23.2 Å². The van der Waals surface area contributed by atoms with Crippen LogP contribution < -0.4 is 32.3 Å². The minimum Gasteiger partial charge on any atom is -0.326 e. The van der Waals surface area contributed by atoms with E-state index < -0.39 is 11.8 Å². The normalized spacial score (nSPS) is 10.4. The predicted molar refractivity (Wildman–Crippen MR) is 173 cm³/mol. The van der Waals surface area contributed by atoms with Gasteiger partial charge in [-0.3, -0.25) is 50.5 Å². The fourth-order valence-electron chi connectivity index (χ4n) is 4.00. The van der Waals surface area contributed by atoms with Crippen molar-refractivity contribution in [1.82, 2.24) is 21.7 Å². The van der Waals surface area contributed by atoms with E-state index in [-0.39, 0.29) is 62.2 Å². The highest BCUT2D eigenvalue weighted by atomic mass is 35.5. The summed E-state index contributed by atoms with van der Waals surface area (Å²) in [5, 5.41) is 6.48. The molecule has 0 fully saturated rings. The summed E-state index contributed by atoms with van der Waals surface area (Å²) in [4.78, 5) is 72.0. The molecule has 0 bridgehead atoms. The maximum Gasteiger partial charge on any atom is 0.238 e. The zero-order valence-electron chi connectivity index (χ0n) is 25.4. The van der Waals surface area contributed by atoms with Gasteiger partial charge in [0.25, 0.3) is 0 Å². The van der Waals surface area contributed by atoms with Gasteiger partial charge in [0.15, 0.2) is 0 Å². The van der Waals surface area contributed by atoms with Gasteiger partial charge in [-0.05, 0) is 62.1 Å². The average Bonchev–Trinajstić information content (AvgIpc) is 3.01. The highest BCUT2D eigenvalue weighted by Crippen LogP contribution is 2.24. The van der Waals surface area contributed by atoms with Crippen molar-refractivity contribution in [2.75, 3.05) is 10.6 Å². The molecule has 0 aromatic heterocycles. The minimum absolute atomic E-state index is 0.0535. The van der Waals surface area contributed by atoms with Crippen molar-refractivity contribution in [2.45, 2.75) is 84.5 Å². The lowest BCUT2D eigenvalue weighted by Gasteiger charge is -2.10. The van der Waals surface area contributed by atoms with Crippen LogP contribution in [0.5, 0.6) is 0 Å². The maximum absolute atomic E-state index is 12.1. The molecule has 2 aromatic carbocycles. The molecule has 0 radical (unpaired) electrons. The smallest absolute Gasteiger partial charge is 0.238 e. The summed E-state index contributed by atoms with van der Waals surface area (Å²) in [5.74, 6) is -2.32. The van der Waals surface area contributed by atoms with Crippen molar-refractivity contribution in [3.63, 3.8) is 0 Å². The van der Waals surface area contributed by atoms with Gasteiger partial charge in [-0.2, -0.15) is 0 Å². The SMILES string of the molecule is Cc1c(Cl)cccc1NC(=O)CCC(=O)NNC(=O)CCCCCCCC(=O)NNC(=O)CCC(=O)Nc1cccc(Cl)c1C. The molecule has 244 valence electrons. The third kappa shape index (κ3) is 14.9. The van der Waals surface area contributed by atoms with Crippen LogP contribution in [-0.2, 0) is 28.8 Å². The summed E-state index contributed by atoms with van der Waals surface area (Å²) in [5.41, 5.74) is 11.9. The largest absolute Gasteiger partial charge is 0.326 e. The number of hydrogen-bond donors (Lipinski definition) is 6. The molecule has 0 aliphatic rings. The molecule has 14 heteroatoms. The van der Waals surface area contributed by atoms with Crippen LogP contribution in [0.25, 0.3) is 0 Å². The number of hydrazine groups is 2. The topological polar surface area (TPSA) is 175 Å². The van der Waals surface area contributed by atoms with Crippen LogP contribution in [0.2, 0.25) is 10.0 Å². The first-order chi connectivity index (χ1) is 21.5. The first kappa shape index (κ1) is 37.0. The summed E-state index contributed by atoms with van der Waals surface area (Å²) in [6, 6.07) is 10.3. The van der Waals surface area contributed by atoms with Crippen LogP contribution in [0, 0.1) is 13.8 Å². The van der Waals surface area contributed by atoms with Crippen molar-refractivity contribution in [2.24, 2.45) is 0 Å². The molecular weight excluding hydrogens is 623 g/mol. The van der Waals surface area contributed by atoms with Crippen molar-refractivity contribution in [3.8, 4) is 0 Å². The summed E-state index contributed by atoms with van der Waals surface area (Å²) in [7, 11) is 0. The van der Waals surface area contributed by atoms with E-state index in [0.717, 1.165) is 30.4 Å². The zero-order valence-corrected chi connectivity index (χ0v) is 27.0. The van der Waals surface area contributed by atoms with Crippen LogP contribution in [0.15, 0.2) is 36.4 Å². The molecule has 0 saturated carbocycles. The standard InChI is InChI=1S/C31H40Cl2N6O6/c1-20-22(32)10-8-12-24(20)34-26(40)16-18-30(44)38-36-28(42)14-6-4-3-5-7-15-29(43)37-39-31(45)19-17-27(41)35-25-13-9-11-23(33)21(25)2/h8-13H,3-7,14-19H2,1-2H3,(H,34,40)(H,35,41)(H,36,42)(H,37,43)(H,38,44)(H,39,45). The van der Waals surface area contributed by atoms with E-state index in [1.165, 1.54) is 0 Å². The number of carbonyl (C=O) groups is 6. The molecule has 0 aliphatic heterocycles. The number of anilines is 2. The Morgan fingerprint density at radius 3 is 1.16 bits per heavy atom. The van der Waals surface area contributed by atoms with Crippen molar-refractivity contribution >= 4 is 70.0 Å². The van der Waals surface area contributed by atoms with Crippen LogP contribution in [0.4, 0.5) is 11.4 Å². The average molecular weight is 664 g/mol. The Kier molecular flexibility index (Phi) is 16.4. The fraction of sp³-hybridized carbons (Fsp3) is 0.419. The lowest BCUT2D eigenvalue weighted by Crippen LogP contribution is -2.41. The predicted octanol–water partition coefficient (Wildman–Crippen LogP) is 4.77. The van der Waals surface area contributed by atoms with Crippen LogP contribution in [-0.4, -0.2) is 35.4 Å². The second-order valence-electron chi connectivity index (χ2n) is 10.4. The summed E-state index contributed by atoms with van der Waals surface area (Å²) in [6.45, 7) is 3.56. The Balaban J connectivity index is 1.44. The number of amides is 6. The summed E-state index contributed by atoms with van der Waals surface area (Å²) < 4.78 is 0. The lowest BCUT2D eigenvalue weighted by molar-refractivity contribution is -0.129. The molecule has 12 nitrogen and oxygen atoms in total. The van der Waals surface area contributed by atoms with Gasteiger partial charge in [0.2, 0.25) is 35.4 Å². The lowest BCUT2D eigenvalue weighted by atomic mass is 10.1. The molecule has 6 N–H and O–H groups in total. The van der Waals surface area contributed by atoms with Gasteiger partial charge in [0.1, 0.15) is 0 Å². The Morgan fingerprint density at radius 2 is 0.778 bits per heavy atom. The van der Waals surface area contributed by atoms with Crippen LogP contribution in [0.3, 0.4) is 0 Å². The van der Waals surface area contributed by atoms with E-state index in [1.807, 2.05) is 0 Å². The first-order valence-electron chi connectivity index (χ1n) is 14.7. The van der Waals surface area contributed by atoms with Gasteiger partial charge in [-0.25, -0.2) is 0 Å². The van der Waals surface area contributed by atoms with Crippen molar-refractivity contribution in [1.29, 1.82) is 0 Å². The molecule has 45 heavy (non-hydrogen) atoms. The zero-order chi connectivity index (χ0) is 33.2. The number of carbonyl (C=O) groups excluding carboxylic acids is 6. The van der Waals surface area contributed by atoms with Gasteiger partial charge in [-0.1, -0.05) is 54.6 Å². The highest BCUT2D eigenvalue weighted by molar-refractivity contribution is 6.32. The van der Waals surface area contributed by atoms with E-state index in [2.05, 4.69) is 32.3 Å². The molecule has 0 atom stereocenters. The fourth-order valence-corrected chi connectivity index (χ4v) is 4.34. The molecule has 0 heterocycles. The third-order valence-corrected chi connectivity index (χ3v) is 7.55. The van der Waals surface area contributed by atoms with E-state index in [1.54, 1.807) is 50.2 Å². The molecule has 0 spiro atoms. The van der Waals surface area contributed by atoms with Crippen molar-refractivity contribution < 1.29 is 28.8 Å². The number of benzene rings is 2. The molecule has 0 saturated heterocycles. The van der Waals surface area contributed by atoms with Crippen molar-refractivity contribution in [3.05, 3.63) is 57.6 Å². The Hall–Kier alpha value is -4.16. The van der Waals surface area contributed by atoms with Gasteiger partial charge < -0.3 is 10.6 Å². The second-order valence-corrected chi connectivity index (χ2v) is 11.2. The Bertz CT molecular complexity index is 1270. The Labute approximate surface area is 272 Å². The first-order valence-corrected chi connectivity index (χ1v) is 15.5. The van der Waals surface area contributed by atoms with Gasteiger partial charge in [-0.15, -0.1) is 0 Å². The number of hydrogen-bond acceptors (Lipinski definition) is 6. The number of unbranched alkanes of at least 4 members (excludes halogenated alkanes) is 4. The molecule has 0 unspecified atom stereocenters. The van der Waals surface area contributed by atoms with Gasteiger partial charge >= 0.3 is 0 Å². The minimum atomic E-state index is -0.481. The number of nitrogens with one attached hydrogen (secondary N) is 6. The molecule has 2 rings (SSSR count). The number of rotatable bonds is 16. The quantitative estimate of drug-likeness (QED) is 0.111. The van der Waals surface area contributed by atoms with Crippen LogP contribution in [0.1, 0.15) is 81.8 Å². The summed E-state index contributed by atoms with van der Waals surface area (Å²) in [6.07, 6.45) is 3.70. The maximum atomic E-state index is 12.1. The monoisotopic (exact) mass is 662 g/mol. The molecule has 2 aromatic rings. The van der Waals surface area contributed by atoms with E-state index >= 15 is 0 Å². The van der Waals surface area contributed by atoms with E-state index in [9.17, 15) is 28.8 Å².